The van der Waals surface area contributed by atoms with E-state index < -0.39 is 53.6 Å². The second-order valence-corrected chi connectivity index (χ2v) is 20.1. The summed E-state index contributed by atoms with van der Waals surface area (Å²) in [6.45, 7) is 16.5. The topological polar surface area (TPSA) is 133 Å². The number of aliphatic hydroxyl groups is 1. The third kappa shape index (κ3) is 11.5. The van der Waals surface area contributed by atoms with Crippen molar-refractivity contribution in [3.8, 4) is 0 Å². The zero-order valence-corrected chi connectivity index (χ0v) is 37.2. The van der Waals surface area contributed by atoms with Crippen molar-refractivity contribution < 1.29 is 43.2 Å². The molecule has 0 radical (unpaired) electrons. The highest BCUT2D eigenvalue weighted by Gasteiger charge is 2.56. The molecule has 0 aromatic heterocycles. The minimum atomic E-state index is -0.835. The molecule has 2 N–H and O–H groups in total. The number of epoxide rings is 1. The van der Waals surface area contributed by atoms with Gasteiger partial charge in [0.25, 0.3) is 0 Å². The zero-order valence-electron chi connectivity index (χ0n) is 37.2. The molecule has 0 bridgehead atoms. The van der Waals surface area contributed by atoms with Crippen LogP contribution in [0.15, 0.2) is 41.5 Å². The number of amides is 1. The Morgan fingerprint density at radius 2 is 1.66 bits per heavy atom. The molecule has 2 saturated heterocycles. The number of carbonyl (C=O) groups excluding carboxylic acids is 3. The highest BCUT2D eigenvalue weighted by atomic mass is 16.8. The monoisotopic (exact) mass is 820 g/mol. The van der Waals surface area contributed by atoms with E-state index in [1.807, 2.05) is 24.3 Å². The predicted molar refractivity (Wildman–Crippen MR) is 228 cm³/mol. The lowest BCUT2D eigenvalue weighted by molar-refractivity contribution is -0.190. The maximum absolute atomic E-state index is 14.0. The van der Waals surface area contributed by atoms with E-state index in [0.29, 0.717) is 47.3 Å². The third-order valence-electron chi connectivity index (χ3n) is 13.6. The quantitative estimate of drug-likeness (QED) is 0.0896. The number of rotatable bonds is 17. The summed E-state index contributed by atoms with van der Waals surface area (Å²) >= 11 is 0. The van der Waals surface area contributed by atoms with Crippen LogP contribution in [0.25, 0.3) is 6.08 Å². The zero-order chi connectivity index (χ0) is 42.6. The molecule has 6 rings (SSSR count). The van der Waals surface area contributed by atoms with E-state index in [1.165, 1.54) is 18.4 Å². The van der Waals surface area contributed by atoms with Crippen LogP contribution in [0.4, 0.5) is 0 Å². The van der Waals surface area contributed by atoms with Gasteiger partial charge < -0.3 is 34.1 Å². The number of unbranched alkanes of at least 4 members (excludes halogenated alkanes) is 4. The number of hydrogen-bond donors (Lipinski definition) is 2. The highest BCUT2D eigenvalue weighted by molar-refractivity contribution is 5.94. The van der Waals surface area contributed by atoms with Crippen molar-refractivity contribution in [2.75, 3.05) is 6.61 Å². The average molecular weight is 820 g/mol. The van der Waals surface area contributed by atoms with E-state index in [0.717, 1.165) is 63.4 Å². The smallest absolute Gasteiger partial charge is 0.338 e. The molecule has 1 amide bonds. The van der Waals surface area contributed by atoms with Gasteiger partial charge in [-0.25, -0.2) is 4.79 Å². The molecule has 0 spiro atoms. The van der Waals surface area contributed by atoms with Crippen LogP contribution in [0.3, 0.4) is 0 Å². The van der Waals surface area contributed by atoms with Gasteiger partial charge in [-0.2, -0.15) is 0 Å². The number of nitrogens with one attached hydrogen (secondary N) is 1. The number of hydrogen-bond acceptors (Lipinski definition) is 9. The molecule has 328 valence electrons. The normalized spacial score (nSPS) is 30.5. The lowest BCUT2D eigenvalue weighted by Crippen LogP contribution is -2.45. The van der Waals surface area contributed by atoms with E-state index >= 15 is 0 Å². The Kier molecular flexibility index (Phi) is 14.6. The third-order valence-corrected chi connectivity index (χ3v) is 13.6. The van der Waals surface area contributed by atoms with Crippen molar-refractivity contribution in [1.82, 2.24) is 5.32 Å². The molecular formula is C49H73NO9. The molecule has 10 heteroatoms. The van der Waals surface area contributed by atoms with E-state index in [9.17, 15) is 19.5 Å². The van der Waals surface area contributed by atoms with Gasteiger partial charge in [-0.15, -0.1) is 0 Å². The van der Waals surface area contributed by atoms with Gasteiger partial charge in [-0.05, 0) is 120 Å². The van der Waals surface area contributed by atoms with Gasteiger partial charge >= 0.3 is 11.9 Å². The van der Waals surface area contributed by atoms with Crippen LogP contribution < -0.4 is 5.32 Å². The van der Waals surface area contributed by atoms with E-state index in [-0.39, 0.29) is 31.5 Å². The first-order chi connectivity index (χ1) is 28.0. The van der Waals surface area contributed by atoms with Crippen LogP contribution in [0.1, 0.15) is 174 Å². The highest BCUT2D eigenvalue weighted by Crippen LogP contribution is 2.59. The summed E-state index contributed by atoms with van der Waals surface area (Å²) in [5.74, 6) is -0.884. The molecular weight excluding hydrogens is 747 g/mol. The molecule has 2 saturated carbocycles. The summed E-state index contributed by atoms with van der Waals surface area (Å²) in [4.78, 5) is 40.2. The van der Waals surface area contributed by atoms with Crippen molar-refractivity contribution in [3.05, 3.63) is 52.6 Å². The molecule has 4 fully saturated rings. The molecule has 59 heavy (non-hydrogen) atoms. The van der Waals surface area contributed by atoms with Gasteiger partial charge in [0.2, 0.25) is 5.91 Å². The minimum Gasteiger partial charge on any atom is -0.460 e. The fourth-order valence-corrected chi connectivity index (χ4v) is 10.1. The Morgan fingerprint density at radius 1 is 0.966 bits per heavy atom. The van der Waals surface area contributed by atoms with Crippen molar-refractivity contribution >= 4 is 23.9 Å². The minimum absolute atomic E-state index is 0.0404. The summed E-state index contributed by atoms with van der Waals surface area (Å²) in [5.41, 5.74) is 3.13. The average Bonchev–Trinajstić information content (AvgIpc) is 3.66. The van der Waals surface area contributed by atoms with E-state index in [1.54, 1.807) is 26.8 Å². The number of benzene rings is 1. The fourth-order valence-electron chi connectivity index (χ4n) is 10.1. The standard InChI is InChI=1S/C49H73NO9/c1-9-11-13-24-49(25-14-12-10-2)56-40-29-35(44(53)50-36(31-51)20-22-42(52)58-46(3,4)5)28-39(43(40)59-49)55-45(54)33-17-15-32(16-18-33)27-34-19-21-41-48(8,57-41)26-23-38-37(34)30-47(38,6)7/h15-18,27,29,36-41,43,51H,9-14,19-26,28,30-31H2,1-8H3,(H,50,53)/t36-,37+,38+,39+,40+,41?,43-,48+/m0/s1. The number of allylic oxidation sites excluding steroid dienone is 1. The van der Waals surface area contributed by atoms with Crippen LogP contribution in [0, 0.1) is 17.3 Å². The predicted octanol–water partition coefficient (Wildman–Crippen LogP) is 9.56. The van der Waals surface area contributed by atoms with E-state index in [2.05, 4.69) is 46.0 Å². The fraction of sp³-hybridized carbons (Fsp3) is 0.735. The summed E-state index contributed by atoms with van der Waals surface area (Å²) in [7, 11) is 0. The molecule has 8 atom stereocenters. The number of esters is 2. The Morgan fingerprint density at radius 3 is 2.29 bits per heavy atom. The second kappa shape index (κ2) is 18.9. The summed E-state index contributed by atoms with van der Waals surface area (Å²) in [5, 5.41) is 13.0. The van der Waals surface area contributed by atoms with E-state index in [4.69, 9.17) is 23.7 Å². The molecule has 2 heterocycles. The van der Waals surface area contributed by atoms with Gasteiger partial charge in [0.05, 0.1) is 29.9 Å². The summed E-state index contributed by atoms with van der Waals surface area (Å²) in [6, 6.07) is 7.01. The van der Waals surface area contributed by atoms with Crippen LogP contribution in [0.5, 0.6) is 0 Å². The maximum atomic E-state index is 14.0. The molecule has 10 nitrogen and oxygen atoms in total. The Bertz CT molecular complexity index is 1680. The SMILES string of the molecule is CCCCCC1(CCCCC)O[C@@H]2[C@@H](C=C(C(=O)N[C@H](CO)CCC(=O)OC(C)(C)C)C[C@H]2OC(=O)c2ccc(C=C3CCC4O[C@]4(C)CC[C@@H]4[C@@H]3CC4(C)C)cc2)O1. The van der Waals surface area contributed by atoms with Gasteiger partial charge in [0, 0.05) is 31.3 Å². The lowest BCUT2D eigenvalue weighted by atomic mass is 9.52. The molecule has 3 aliphatic carbocycles. The van der Waals surface area contributed by atoms with Gasteiger partial charge in [-0.1, -0.05) is 77.2 Å². The van der Waals surface area contributed by atoms with Crippen LogP contribution >= 0.6 is 0 Å². The molecule has 1 aromatic carbocycles. The first kappa shape index (κ1) is 45.5. The van der Waals surface area contributed by atoms with Gasteiger partial charge in [0.15, 0.2) is 5.79 Å². The largest absolute Gasteiger partial charge is 0.460 e. The number of fused-ring (bicyclic) bond motifs is 3. The van der Waals surface area contributed by atoms with Crippen molar-refractivity contribution in [1.29, 1.82) is 0 Å². The van der Waals surface area contributed by atoms with Gasteiger partial charge in [-0.3, -0.25) is 9.59 Å². The number of aliphatic hydroxyl groups excluding tert-OH is 1. The lowest BCUT2D eigenvalue weighted by Gasteiger charge is -2.53. The van der Waals surface area contributed by atoms with Crippen molar-refractivity contribution in [3.63, 3.8) is 0 Å². The second-order valence-electron chi connectivity index (χ2n) is 20.1. The molecule has 5 aliphatic rings. The number of ether oxygens (including phenoxy) is 5. The molecule has 1 unspecified atom stereocenters. The Hall–Kier alpha value is -3.05. The first-order valence-electron chi connectivity index (χ1n) is 22.9. The van der Waals surface area contributed by atoms with Gasteiger partial charge in [0.1, 0.15) is 23.9 Å². The van der Waals surface area contributed by atoms with Crippen LogP contribution in [0.2, 0.25) is 0 Å². The summed E-state index contributed by atoms with van der Waals surface area (Å²) in [6.07, 6.45) is 16.0. The van der Waals surface area contributed by atoms with Crippen LogP contribution in [-0.2, 0) is 33.3 Å². The first-order valence-corrected chi connectivity index (χ1v) is 22.9. The maximum Gasteiger partial charge on any atom is 0.338 e. The molecule has 1 aromatic rings. The van der Waals surface area contributed by atoms with Crippen molar-refractivity contribution in [2.24, 2.45) is 17.3 Å². The molecule has 2 aliphatic heterocycles. The van der Waals surface area contributed by atoms with Crippen LogP contribution in [-0.4, -0.2) is 77.0 Å². The Balaban J connectivity index is 1.18. The number of carbonyl (C=O) groups is 3. The summed E-state index contributed by atoms with van der Waals surface area (Å²) < 4.78 is 31.5. The van der Waals surface area contributed by atoms with Crippen molar-refractivity contribution in [2.45, 2.75) is 206 Å². The Labute approximate surface area is 353 Å².